The van der Waals surface area contributed by atoms with Crippen molar-refractivity contribution in [3.05, 3.63) is 30.3 Å². The highest BCUT2D eigenvalue weighted by atomic mass is 16.2. The average molecular weight is 304 g/mol. The molecular formula is C16H24N4O2. The van der Waals surface area contributed by atoms with Crippen LogP contribution in [0.15, 0.2) is 30.3 Å². The number of imide groups is 1. The Labute approximate surface area is 131 Å². The number of para-hydroxylation sites is 1. The number of likely N-dealkylation sites (N-methyl/N-ethyl adjacent to an activating group) is 1. The molecule has 1 heterocycles. The van der Waals surface area contributed by atoms with Crippen LogP contribution in [-0.4, -0.2) is 56.6 Å². The molecule has 0 saturated carbocycles. The number of hydrogen-bond donors (Lipinski definition) is 2. The SMILES string of the molecule is CNC(=O)NC(=O)CN(C)C1CCCN(c2ccccc2)C1. The van der Waals surface area contributed by atoms with Crippen molar-refractivity contribution < 1.29 is 9.59 Å². The van der Waals surface area contributed by atoms with E-state index in [0.717, 1.165) is 25.9 Å². The van der Waals surface area contributed by atoms with E-state index in [4.69, 9.17) is 0 Å². The van der Waals surface area contributed by atoms with E-state index in [1.165, 1.54) is 12.7 Å². The molecule has 0 aliphatic carbocycles. The summed E-state index contributed by atoms with van der Waals surface area (Å²) in [7, 11) is 3.42. The first-order valence-corrected chi connectivity index (χ1v) is 7.62. The van der Waals surface area contributed by atoms with Crippen molar-refractivity contribution >= 4 is 17.6 Å². The Bertz CT molecular complexity index is 506. The van der Waals surface area contributed by atoms with Gasteiger partial charge in [-0.2, -0.15) is 0 Å². The number of nitrogens with zero attached hydrogens (tertiary/aromatic N) is 2. The van der Waals surface area contributed by atoms with Gasteiger partial charge in [0.2, 0.25) is 5.91 Å². The largest absolute Gasteiger partial charge is 0.370 e. The molecule has 6 nitrogen and oxygen atoms in total. The third-order valence-corrected chi connectivity index (χ3v) is 4.01. The van der Waals surface area contributed by atoms with Gasteiger partial charge in [0.25, 0.3) is 0 Å². The van der Waals surface area contributed by atoms with E-state index in [0.29, 0.717) is 6.04 Å². The second kappa shape index (κ2) is 7.79. The van der Waals surface area contributed by atoms with Crippen LogP contribution in [0.5, 0.6) is 0 Å². The normalized spacial score (nSPS) is 18.1. The molecule has 1 atom stereocenters. The molecular weight excluding hydrogens is 280 g/mol. The Hall–Kier alpha value is -2.08. The number of piperidine rings is 1. The number of rotatable bonds is 4. The maximum Gasteiger partial charge on any atom is 0.321 e. The quantitative estimate of drug-likeness (QED) is 0.872. The molecule has 22 heavy (non-hydrogen) atoms. The van der Waals surface area contributed by atoms with Gasteiger partial charge in [-0.1, -0.05) is 18.2 Å². The molecule has 6 heteroatoms. The lowest BCUT2D eigenvalue weighted by Gasteiger charge is -2.38. The lowest BCUT2D eigenvalue weighted by atomic mass is 10.0. The summed E-state index contributed by atoms with van der Waals surface area (Å²) in [6.45, 7) is 2.16. The molecule has 3 amide bonds. The molecule has 0 radical (unpaired) electrons. The van der Waals surface area contributed by atoms with Crippen LogP contribution in [0.25, 0.3) is 0 Å². The maximum atomic E-state index is 11.8. The molecule has 2 rings (SSSR count). The summed E-state index contributed by atoms with van der Waals surface area (Å²) >= 11 is 0. The minimum absolute atomic E-state index is 0.223. The van der Waals surface area contributed by atoms with Crippen molar-refractivity contribution in [2.45, 2.75) is 18.9 Å². The Morgan fingerprint density at radius 2 is 2.05 bits per heavy atom. The number of nitrogens with one attached hydrogen (secondary N) is 2. The molecule has 1 aliphatic heterocycles. The number of hydrogen-bond acceptors (Lipinski definition) is 4. The summed E-state index contributed by atoms with van der Waals surface area (Å²) in [6.07, 6.45) is 2.16. The fraction of sp³-hybridized carbons (Fsp3) is 0.500. The first kappa shape index (κ1) is 16.3. The monoisotopic (exact) mass is 304 g/mol. The van der Waals surface area contributed by atoms with Gasteiger partial charge in [0, 0.05) is 31.9 Å². The van der Waals surface area contributed by atoms with E-state index in [1.54, 1.807) is 0 Å². The number of carbonyl (C=O) groups excluding carboxylic acids is 2. The molecule has 1 aromatic carbocycles. The van der Waals surface area contributed by atoms with Crippen molar-refractivity contribution in [3.8, 4) is 0 Å². The second-order valence-electron chi connectivity index (χ2n) is 5.62. The van der Waals surface area contributed by atoms with Crippen molar-refractivity contribution in [1.82, 2.24) is 15.5 Å². The summed E-state index contributed by atoms with van der Waals surface area (Å²) in [5.41, 5.74) is 1.22. The van der Waals surface area contributed by atoms with Crippen molar-refractivity contribution in [1.29, 1.82) is 0 Å². The smallest absolute Gasteiger partial charge is 0.321 e. The van der Waals surface area contributed by atoms with Crippen LogP contribution in [0.1, 0.15) is 12.8 Å². The van der Waals surface area contributed by atoms with Crippen LogP contribution in [0.3, 0.4) is 0 Å². The van der Waals surface area contributed by atoms with E-state index in [9.17, 15) is 9.59 Å². The number of urea groups is 1. The zero-order valence-electron chi connectivity index (χ0n) is 13.2. The number of anilines is 1. The van der Waals surface area contributed by atoms with Crippen molar-refractivity contribution in [2.24, 2.45) is 0 Å². The molecule has 120 valence electrons. The lowest BCUT2D eigenvalue weighted by molar-refractivity contribution is -0.121. The van der Waals surface area contributed by atoms with Gasteiger partial charge in [0.05, 0.1) is 6.54 Å². The predicted octanol–water partition coefficient (Wildman–Crippen LogP) is 1.04. The predicted molar refractivity (Wildman–Crippen MR) is 86.9 cm³/mol. The topological polar surface area (TPSA) is 64.7 Å². The van der Waals surface area contributed by atoms with Crippen LogP contribution in [0.2, 0.25) is 0 Å². The highest BCUT2D eigenvalue weighted by Crippen LogP contribution is 2.21. The third kappa shape index (κ3) is 4.46. The fourth-order valence-electron chi connectivity index (χ4n) is 2.77. The number of amides is 3. The highest BCUT2D eigenvalue weighted by molar-refractivity contribution is 5.95. The van der Waals surface area contributed by atoms with Crippen molar-refractivity contribution in [3.63, 3.8) is 0 Å². The molecule has 2 N–H and O–H groups in total. The number of carbonyl (C=O) groups is 2. The van der Waals surface area contributed by atoms with E-state index >= 15 is 0 Å². The summed E-state index contributed by atoms with van der Waals surface area (Å²) < 4.78 is 0. The average Bonchev–Trinajstić information content (AvgIpc) is 2.55. The molecule has 0 aromatic heterocycles. The lowest BCUT2D eigenvalue weighted by Crippen LogP contribution is -2.50. The summed E-state index contributed by atoms with van der Waals surface area (Å²) in [5, 5.41) is 4.68. The Morgan fingerprint density at radius 3 is 2.73 bits per heavy atom. The fourth-order valence-corrected chi connectivity index (χ4v) is 2.77. The summed E-state index contributed by atoms with van der Waals surface area (Å²) in [6, 6.07) is 10.2. The highest BCUT2D eigenvalue weighted by Gasteiger charge is 2.24. The van der Waals surface area contributed by atoms with Gasteiger partial charge < -0.3 is 10.2 Å². The Kier molecular flexibility index (Phi) is 5.77. The van der Waals surface area contributed by atoms with Gasteiger partial charge in [0.1, 0.15) is 0 Å². The molecule has 0 spiro atoms. The van der Waals surface area contributed by atoms with Gasteiger partial charge in [-0.3, -0.25) is 15.0 Å². The third-order valence-electron chi connectivity index (χ3n) is 4.01. The summed E-state index contributed by atoms with van der Waals surface area (Å²) in [4.78, 5) is 27.3. The first-order valence-electron chi connectivity index (χ1n) is 7.62. The van der Waals surface area contributed by atoms with Crippen LogP contribution in [0.4, 0.5) is 10.5 Å². The maximum absolute atomic E-state index is 11.8. The molecule has 1 unspecified atom stereocenters. The van der Waals surface area contributed by atoms with Crippen LogP contribution in [0, 0.1) is 0 Å². The van der Waals surface area contributed by atoms with Gasteiger partial charge >= 0.3 is 6.03 Å². The zero-order valence-corrected chi connectivity index (χ0v) is 13.2. The molecule has 1 saturated heterocycles. The molecule has 1 aliphatic rings. The standard InChI is InChI=1S/C16H24N4O2/c1-17-16(22)18-15(21)12-19(2)14-9-6-10-20(11-14)13-7-4-3-5-8-13/h3-5,7-8,14H,6,9-12H2,1-2H3,(H2,17,18,21,22). The molecule has 1 aromatic rings. The second-order valence-corrected chi connectivity index (χ2v) is 5.62. The van der Waals surface area contributed by atoms with E-state index < -0.39 is 6.03 Å². The van der Waals surface area contributed by atoms with Gasteiger partial charge in [-0.15, -0.1) is 0 Å². The molecule has 0 bridgehead atoms. The van der Waals surface area contributed by atoms with E-state index in [-0.39, 0.29) is 12.5 Å². The van der Waals surface area contributed by atoms with Crippen LogP contribution < -0.4 is 15.5 Å². The van der Waals surface area contributed by atoms with E-state index in [2.05, 4.69) is 27.7 Å². The Balaban J connectivity index is 1.89. The minimum Gasteiger partial charge on any atom is -0.370 e. The minimum atomic E-state index is -0.465. The molecule has 1 fully saturated rings. The zero-order chi connectivity index (χ0) is 15.9. The van der Waals surface area contributed by atoms with Crippen molar-refractivity contribution in [2.75, 3.05) is 38.6 Å². The first-order chi connectivity index (χ1) is 10.6. The van der Waals surface area contributed by atoms with Crippen LogP contribution >= 0.6 is 0 Å². The van der Waals surface area contributed by atoms with E-state index in [1.807, 2.05) is 30.1 Å². The van der Waals surface area contributed by atoms with Gasteiger partial charge in [-0.05, 0) is 32.0 Å². The van der Waals surface area contributed by atoms with Gasteiger partial charge in [0.15, 0.2) is 0 Å². The van der Waals surface area contributed by atoms with Crippen LogP contribution in [-0.2, 0) is 4.79 Å². The van der Waals surface area contributed by atoms with Gasteiger partial charge in [-0.25, -0.2) is 4.79 Å². The number of benzene rings is 1. The summed E-state index contributed by atoms with van der Waals surface area (Å²) in [5.74, 6) is -0.279. The Morgan fingerprint density at radius 1 is 1.32 bits per heavy atom.